The van der Waals surface area contributed by atoms with E-state index in [2.05, 4.69) is 9.05 Å². The summed E-state index contributed by atoms with van der Waals surface area (Å²) in [6.07, 6.45) is -49.2. The van der Waals surface area contributed by atoms with Gasteiger partial charge in [0.1, 0.15) is 91.6 Å². The Kier molecular flexibility index (Phi) is 21.4. The minimum atomic E-state index is -5.71. The van der Waals surface area contributed by atoms with Gasteiger partial charge in [0.15, 0.2) is 12.6 Å². The summed E-state index contributed by atoms with van der Waals surface area (Å²) in [4.78, 5) is 77.5. The highest BCUT2D eigenvalue weighted by molar-refractivity contribution is 7.46. The maximum Gasteiger partial charge on any atom is 0.471 e. The number of phosphoric acid groups is 2. The smallest absolute Gasteiger partial charge is 0.471 e. The Labute approximate surface area is 425 Å². The number of hydrogen-bond acceptors (Lipinski definition) is 31. The van der Waals surface area contributed by atoms with Gasteiger partial charge >= 0.3 is 33.6 Å². The van der Waals surface area contributed by atoms with E-state index in [0.717, 1.165) is 0 Å². The zero-order valence-corrected chi connectivity index (χ0v) is 40.7. The molecule has 5 rings (SSSR count). The van der Waals surface area contributed by atoms with Crippen molar-refractivity contribution in [1.29, 1.82) is 0 Å². The third kappa shape index (κ3) is 14.2. The van der Waals surface area contributed by atoms with Crippen molar-refractivity contribution in [2.24, 2.45) is 11.5 Å². The second-order valence-corrected chi connectivity index (χ2v) is 20.5. The number of aliphatic hydroxyl groups is 13. The number of hydrogen-bond donors (Lipinski definition) is 22. The Morgan fingerprint density at radius 1 is 0.539 bits per heavy atom. The van der Waals surface area contributed by atoms with Gasteiger partial charge in [-0.15, -0.1) is 0 Å². The lowest BCUT2D eigenvalue weighted by Gasteiger charge is -2.51. The number of ether oxygens (including phenoxy) is 9. The van der Waals surface area contributed by atoms with Gasteiger partial charge in [-0.05, 0) is 0 Å². The zero-order valence-electron chi connectivity index (χ0n) is 38.9. The first-order chi connectivity index (χ1) is 35.1. The molecule has 5 saturated heterocycles. The van der Waals surface area contributed by atoms with Gasteiger partial charge in [0.2, 0.25) is 0 Å². The Bertz CT molecular complexity index is 2080. The maximum absolute atomic E-state index is 13.4. The van der Waals surface area contributed by atoms with Crippen molar-refractivity contribution in [3.63, 3.8) is 0 Å². The lowest BCUT2D eigenvalue weighted by Crippen LogP contribution is -2.70. The van der Waals surface area contributed by atoms with E-state index in [9.17, 15) is 125 Å². The molecule has 76 heavy (non-hydrogen) atoms. The summed E-state index contributed by atoms with van der Waals surface area (Å²) in [5, 5.41) is 169. The lowest BCUT2D eigenvalue weighted by atomic mass is 9.89. The standard InChI is InChI=1S/C36H62N2O36P2/c37-17-23(50)20(47)15(66-30(17)74-76(61,62)63)7-64-29-18(38)24(51)28(73-75(58,59)60)16(67-29)8-65-34(31(52)53)2-13(21(48)26(70-34)11(44)5-40)69-36(33(56)57)3-14(22(49)27(72-36)12(45)6-41)68-35(32(54)55)1-9(42)19(46)25(71-35)10(43)4-39/h9-30,39-51H,1-8,37-38H2,(H,52,53)(H,54,55)(H,56,57)(H2,58,59,60)(H2,61,62,63)/t9-,10-,11-,12-,13-,14-,15-,16-,17-,18-,19-,20-,21-,22-,23-,24-,25-,26-,27-,28-,29-,30-,34-,35-,36-/m1/s1. The van der Waals surface area contributed by atoms with Crippen molar-refractivity contribution in [1.82, 2.24) is 0 Å². The van der Waals surface area contributed by atoms with Crippen LogP contribution in [0.15, 0.2) is 0 Å². The molecule has 25 atom stereocenters. The summed E-state index contributed by atoms with van der Waals surface area (Å²) in [6, 6.07) is -3.70. The van der Waals surface area contributed by atoms with E-state index in [1.807, 2.05) is 0 Å². The highest BCUT2D eigenvalue weighted by Gasteiger charge is 2.64. The fourth-order valence-corrected chi connectivity index (χ4v) is 9.86. The van der Waals surface area contributed by atoms with Crippen LogP contribution in [0.25, 0.3) is 0 Å². The van der Waals surface area contributed by atoms with E-state index >= 15 is 0 Å². The molecule has 0 unspecified atom stereocenters. The van der Waals surface area contributed by atoms with Gasteiger partial charge in [0.25, 0.3) is 17.4 Å². The van der Waals surface area contributed by atoms with Gasteiger partial charge in [-0.25, -0.2) is 23.5 Å². The molecule has 5 heterocycles. The largest absolute Gasteiger partial charge is 0.477 e. The summed E-state index contributed by atoms with van der Waals surface area (Å²) in [5.74, 6) is -17.1. The van der Waals surface area contributed by atoms with Crippen LogP contribution in [0.4, 0.5) is 0 Å². The van der Waals surface area contributed by atoms with Gasteiger partial charge in [-0.1, -0.05) is 0 Å². The summed E-state index contributed by atoms with van der Waals surface area (Å²) in [7, 11) is -11.1. The van der Waals surface area contributed by atoms with E-state index < -0.39 is 238 Å². The zero-order chi connectivity index (χ0) is 57.4. The molecule has 0 aliphatic carbocycles. The van der Waals surface area contributed by atoms with Crippen LogP contribution in [-0.2, 0) is 75.2 Å². The highest BCUT2D eigenvalue weighted by Crippen LogP contribution is 2.46. The van der Waals surface area contributed by atoms with Crippen LogP contribution in [0.1, 0.15) is 19.3 Å². The SMILES string of the molecule is N[C@H]1[C@@H](OP(=O)(O)O)O[C@H](CO[C@@H]2O[C@H](CO[C@]3(C(=O)O)C[C@@H](O[C@]4(C(=O)O)C[C@@H](O[C@]5(C(=O)O)C[C@@H](O)[C@@H](O)[C@@H]([C@H](O)CO)O5)[C@@H](O)[C@@H]([C@H](O)CO)O4)[C@@H](O)[C@@H]([C@H](O)CO)O3)[C@@H](OP(=O)(O)O)[C@H](O)[C@H]2N)[C@@H](O)[C@@H]1O. The van der Waals surface area contributed by atoms with Gasteiger partial charge in [0, 0.05) is 19.3 Å². The molecule has 5 aliphatic heterocycles. The molecule has 5 aliphatic rings. The van der Waals surface area contributed by atoms with Crippen molar-refractivity contribution in [3.05, 3.63) is 0 Å². The molecular formula is C36H62N2O36P2. The molecule has 0 aromatic heterocycles. The van der Waals surface area contributed by atoms with E-state index in [-0.39, 0.29) is 0 Å². The van der Waals surface area contributed by atoms with Crippen molar-refractivity contribution < 1.29 is 176 Å². The molecule has 0 radical (unpaired) electrons. The molecule has 0 aromatic rings. The minimum Gasteiger partial charge on any atom is -0.477 e. The van der Waals surface area contributed by atoms with Gasteiger partial charge in [0.05, 0.1) is 63.4 Å². The monoisotopic (exact) mass is 1160 g/mol. The molecule has 24 N–H and O–H groups in total. The molecule has 0 amide bonds. The lowest BCUT2D eigenvalue weighted by molar-refractivity contribution is -0.394. The molecule has 0 saturated carbocycles. The van der Waals surface area contributed by atoms with E-state index in [1.165, 1.54) is 0 Å². The first kappa shape index (κ1) is 64.5. The average molecular weight is 1160 g/mol. The number of carbonyl (C=O) groups is 3. The second-order valence-electron chi connectivity index (χ2n) is 18.1. The number of aliphatic hydroxyl groups excluding tert-OH is 13. The highest BCUT2D eigenvalue weighted by atomic mass is 31.2. The van der Waals surface area contributed by atoms with Crippen LogP contribution in [-0.4, -0.2) is 304 Å². The Morgan fingerprint density at radius 3 is 1.39 bits per heavy atom. The molecule has 5 fully saturated rings. The van der Waals surface area contributed by atoms with Crippen molar-refractivity contribution >= 4 is 33.6 Å². The van der Waals surface area contributed by atoms with E-state index in [1.54, 1.807) is 0 Å². The van der Waals surface area contributed by atoms with E-state index in [4.69, 9.17) is 54.1 Å². The summed E-state index contributed by atoms with van der Waals surface area (Å²) < 4.78 is 82.2. The normalized spacial score (nSPS) is 43.9. The number of carboxylic acids is 3. The number of carboxylic acid groups (broad SMARTS) is 3. The van der Waals surface area contributed by atoms with Crippen LogP contribution in [0.2, 0.25) is 0 Å². The van der Waals surface area contributed by atoms with Crippen LogP contribution < -0.4 is 11.5 Å². The maximum atomic E-state index is 13.4. The predicted molar refractivity (Wildman–Crippen MR) is 226 cm³/mol. The summed E-state index contributed by atoms with van der Waals surface area (Å²) in [6.45, 7) is -6.39. The second kappa shape index (κ2) is 25.2. The number of nitrogens with two attached hydrogens (primary N) is 2. The van der Waals surface area contributed by atoms with Gasteiger partial charge in [-0.2, -0.15) is 0 Å². The molecule has 38 nitrogen and oxygen atoms in total. The first-order valence-electron chi connectivity index (χ1n) is 22.4. The minimum absolute atomic E-state index is 0.996. The third-order valence-corrected chi connectivity index (χ3v) is 13.8. The molecule has 40 heteroatoms. The fourth-order valence-electron chi connectivity index (χ4n) is 8.83. The average Bonchev–Trinajstić information content (AvgIpc) is 3.33. The van der Waals surface area contributed by atoms with Gasteiger partial charge < -0.3 is 155 Å². The Morgan fingerprint density at radius 2 is 0.947 bits per heavy atom. The van der Waals surface area contributed by atoms with E-state index in [0.29, 0.717) is 0 Å². The quantitative estimate of drug-likeness (QED) is 0.0423. The molecule has 442 valence electrons. The number of phosphoric ester groups is 2. The fraction of sp³-hybridized carbons (Fsp3) is 0.917. The third-order valence-electron chi connectivity index (χ3n) is 12.8. The van der Waals surface area contributed by atoms with Crippen LogP contribution in [0, 0.1) is 0 Å². The first-order valence-corrected chi connectivity index (χ1v) is 25.4. The summed E-state index contributed by atoms with van der Waals surface area (Å²) >= 11 is 0. The molecular weight excluding hydrogens is 1100 g/mol. The topological polar surface area (TPSA) is 644 Å². The summed E-state index contributed by atoms with van der Waals surface area (Å²) in [5.41, 5.74) is 11.7. The number of aliphatic carboxylic acids is 3. The predicted octanol–water partition coefficient (Wildman–Crippen LogP) is -12.2. The molecule has 0 aromatic carbocycles. The van der Waals surface area contributed by atoms with Crippen LogP contribution in [0.3, 0.4) is 0 Å². The molecule has 0 bridgehead atoms. The van der Waals surface area contributed by atoms with Crippen LogP contribution >= 0.6 is 15.6 Å². The Balaban J connectivity index is 1.49. The molecule has 0 spiro atoms. The van der Waals surface area contributed by atoms with Gasteiger partial charge in [-0.3, -0.25) is 9.05 Å². The Hall–Kier alpha value is -2.33. The van der Waals surface area contributed by atoms with Crippen molar-refractivity contribution in [2.45, 2.75) is 171 Å². The number of rotatable bonds is 23. The van der Waals surface area contributed by atoms with Crippen LogP contribution in [0.5, 0.6) is 0 Å². The van der Waals surface area contributed by atoms with Crippen molar-refractivity contribution in [2.75, 3.05) is 33.0 Å². The van der Waals surface area contributed by atoms with Crippen molar-refractivity contribution in [3.8, 4) is 0 Å².